The Labute approximate surface area is 139 Å². The van der Waals surface area contributed by atoms with Gasteiger partial charge in [-0.15, -0.1) is 0 Å². The van der Waals surface area contributed by atoms with E-state index in [-0.39, 0.29) is 5.91 Å². The molecule has 0 fully saturated rings. The van der Waals surface area contributed by atoms with Crippen molar-refractivity contribution in [2.75, 3.05) is 10.0 Å². The Morgan fingerprint density at radius 3 is 2.43 bits per heavy atom. The largest absolute Gasteiger partial charge is 0.326 e. The maximum Gasteiger partial charge on any atom is 0.255 e. The summed E-state index contributed by atoms with van der Waals surface area (Å²) in [7, 11) is 0. The predicted octanol–water partition coefficient (Wildman–Crippen LogP) is 4.45. The predicted molar refractivity (Wildman–Crippen MR) is 94.6 cm³/mol. The standard InChI is InChI=1S/C18H15N3OS/c22-18(20-15-9-11-19-12-10-15)14-5-4-6-16(13-14)21-23-17-7-2-1-3-8-17/h1-13,21H,(H,19,20,22). The van der Waals surface area contributed by atoms with Gasteiger partial charge in [-0.3, -0.25) is 9.78 Å². The highest BCUT2D eigenvalue weighted by Gasteiger charge is 2.06. The van der Waals surface area contributed by atoms with Crippen LogP contribution in [0.2, 0.25) is 0 Å². The molecule has 0 atom stereocenters. The average Bonchev–Trinajstić information content (AvgIpc) is 2.62. The number of carbonyl (C=O) groups is 1. The van der Waals surface area contributed by atoms with Crippen molar-refractivity contribution in [3.63, 3.8) is 0 Å². The molecule has 2 N–H and O–H groups in total. The molecule has 114 valence electrons. The van der Waals surface area contributed by atoms with Gasteiger partial charge in [-0.2, -0.15) is 0 Å². The second-order valence-electron chi connectivity index (χ2n) is 4.79. The Morgan fingerprint density at radius 2 is 1.65 bits per heavy atom. The number of amides is 1. The Bertz CT molecular complexity index is 779. The van der Waals surface area contributed by atoms with E-state index in [0.29, 0.717) is 5.56 Å². The van der Waals surface area contributed by atoms with Gasteiger partial charge in [0.25, 0.3) is 5.91 Å². The van der Waals surface area contributed by atoms with Crippen LogP contribution in [0, 0.1) is 0 Å². The fourth-order valence-electron chi connectivity index (χ4n) is 1.97. The zero-order valence-corrected chi connectivity index (χ0v) is 13.1. The summed E-state index contributed by atoms with van der Waals surface area (Å²) >= 11 is 1.51. The summed E-state index contributed by atoms with van der Waals surface area (Å²) in [5.41, 5.74) is 2.20. The fourth-order valence-corrected chi connectivity index (χ4v) is 2.62. The first kappa shape index (κ1) is 15.1. The lowest BCUT2D eigenvalue weighted by Gasteiger charge is -2.08. The van der Waals surface area contributed by atoms with Crippen LogP contribution in [0.25, 0.3) is 0 Å². The van der Waals surface area contributed by atoms with Gasteiger partial charge in [-0.25, -0.2) is 0 Å². The van der Waals surface area contributed by atoms with E-state index in [1.807, 2.05) is 48.5 Å². The molecule has 0 spiro atoms. The van der Waals surface area contributed by atoms with Crippen LogP contribution < -0.4 is 10.0 Å². The zero-order valence-electron chi connectivity index (χ0n) is 12.3. The maximum atomic E-state index is 12.3. The Balaban J connectivity index is 1.66. The molecule has 1 amide bonds. The summed E-state index contributed by atoms with van der Waals surface area (Å²) in [5.74, 6) is -0.149. The molecular weight excluding hydrogens is 306 g/mol. The number of anilines is 2. The summed E-state index contributed by atoms with van der Waals surface area (Å²) in [6.07, 6.45) is 3.29. The van der Waals surface area contributed by atoms with E-state index in [9.17, 15) is 4.79 Å². The number of nitrogens with one attached hydrogen (secondary N) is 2. The third kappa shape index (κ3) is 4.34. The second-order valence-corrected chi connectivity index (χ2v) is 5.67. The quantitative estimate of drug-likeness (QED) is 0.682. The van der Waals surface area contributed by atoms with E-state index < -0.39 is 0 Å². The van der Waals surface area contributed by atoms with Crippen LogP contribution in [-0.2, 0) is 0 Å². The number of hydrogen-bond acceptors (Lipinski definition) is 4. The monoisotopic (exact) mass is 321 g/mol. The Morgan fingerprint density at radius 1 is 0.870 bits per heavy atom. The van der Waals surface area contributed by atoms with Crippen LogP contribution in [0.1, 0.15) is 10.4 Å². The van der Waals surface area contributed by atoms with Gasteiger partial charge in [-0.1, -0.05) is 24.3 Å². The molecule has 5 heteroatoms. The molecular formula is C18H15N3OS. The fraction of sp³-hybridized carbons (Fsp3) is 0. The maximum absolute atomic E-state index is 12.3. The highest BCUT2D eigenvalue weighted by Crippen LogP contribution is 2.21. The van der Waals surface area contributed by atoms with Gasteiger partial charge >= 0.3 is 0 Å². The minimum absolute atomic E-state index is 0.149. The summed E-state index contributed by atoms with van der Waals surface area (Å²) in [4.78, 5) is 17.3. The van der Waals surface area contributed by atoms with Crippen molar-refractivity contribution in [1.29, 1.82) is 0 Å². The molecule has 0 bridgehead atoms. The minimum Gasteiger partial charge on any atom is -0.326 e. The first-order valence-corrected chi connectivity index (χ1v) is 7.92. The number of pyridine rings is 1. The van der Waals surface area contributed by atoms with Crippen LogP contribution >= 0.6 is 11.9 Å². The van der Waals surface area contributed by atoms with Gasteiger partial charge in [0.1, 0.15) is 0 Å². The number of hydrogen-bond donors (Lipinski definition) is 2. The molecule has 3 rings (SSSR count). The summed E-state index contributed by atoms with van der Waals surface area (Å²) < 4.78 is 3.25. The molecule has 1 aromatic heterocycles. The molecule has 0 saturated carbocycles. The van der Waals surface area contributed by atoms with Gasteiger partial charge in [0, 0.05) is 34.2 Å². The van der Waals surface area contributed by atoms with Crippen LogP contribution in [-0.4, -0.2) is 10.9 Å². The molecule has 1 heterocycles. The highest BCUT2D eigenvalue weighted by atomic mass is 32.2. The molecule has 0 radical (unpaired) electrons. The van der Waals surface area contributed by atoms with Crippen LogP contribution in [0.3, 0.4) is 0 Å². The van der Waals surface area contributed by atoms with Crippen molar-refractivity contribution in [3.05, 3.63) is 84.7 Å². The van der Waals surface area contributed by atoms with Crippen molar-refractivity contribution < 1.29 is 4.79 Å². The first-order valence-electron chi connectivity index (χ1n) is 7.10. The summed E-state index contributed by atoms with van der Waals surface area (Å²) in [6.45, 7) is 0. The van der Waals surface area contributed by atoms with Crippen LogP contribution in [0.15, 0.2) is 84.0 Å². The molecule has 3 aromatic rings. The minimum atomic E-state index is -0.149. The molecule has 0 aliphatic rings. The normalized spacial score (nSPS) is 10.1. The van der Waals surface area contributed by atoms with E-state index in [2.05, 4.69) is 15.0 Å². The number of rotatable bonds is 5. The molecule has 0 aliphatic heterocycles. The van der Waals surface area contributed by atoms with Gasteiger partial charge in [0.2, 0.25) is 0 Å². The van der Waals surface area contributed by atoms with Gasteiger partial charge in [-0.05, 0) is 54.4 Å². The number of carbonyl (C=O) groups excluding carboxylic acids is 1. The highest BCUT2D eigenvalue weighted by molar-refractivity contribution is 8.00. The van der Waals surface area contributed by atoms with Crippen molar-refractivity contribution in [2.45, 2.75) is 4.90 Å². The van der Waals surface area contributed by atoms with E-state index in [1.165, 1.54) is 11.9 Å². The van der Waals surface area contributed by atoms with Crippen molar-refractivity contribution in [2.24, 2.45) is 0 Å². The first-order chi connectivity index (χ1) is 11.3. The van der Waals surface area contributed by atoms with Crippen LogP contribution in [0.4, 0.5) is 11.4 Å². The summed E-state index contributed by atoms with van der Waals surface area (Å²) in [6, 6.07) is 20.9. The molecule has 0 aliphatic carbocycles. The van der Waals surface area contributed by atoms with Gasteiger partial charge < -0.3 is 10.0 Å². The van der Waals surface area contributed by atoms with E-state index in [0.717, 1.165) is 16.3 Å². The third-order valence-electron chi connectivity index (χ3n) is 3.09. The van der Waals surface area contributed by atoms with E-state index in [4.69, 9.17) is 0 Å². The molecule has 4 nitrogen and oxygen atoms in total. The lowest BCUT2D eigenvalue weighted by Crippen LogP contribution is -2.11. The van der Waals surface area contributed by atoms with Crippen molar-refractivity contribution in [1.82, 2.24) is 4.98 Å². The molecule has 23 heavy (non-hydrogen) atoms. The topological polar surface area (TPSA) is 54.0 Å². The average molecular weight is 321 g/mol. The van der Waals surface area contributed by atoms with E-state index in [1.54, 1.807) is 30.6 Å². The third-order valence-corrected chi connectivity index (χ3v) is 3.94. The second kappa shape index (κ2) is 7.47. The Hall–Kier alpha value is -2.79. The number of nitrogens with zero attached hydrogens (tertiary/aromatic N) is 1. The molecule has 0 saturated heterocycles. The van der Waals surface area contributed by atoms with Crippen LogP contribution in [0.5, 0.6) is 0 Å². The molecule has 2 aromatic carbocycles. The lowest BCUT2D eigenvalue weighted by molar-refractivity contribution is 0.102. The number of aromatic nitrogens is 1. The summed E-state index contributed by atoms with van der Waals surface area (Å²) in [5, 5.41) is 2.85. The smallest absolute Gasteiger partial charge is 0.255 e. The van der Waals surface area contributed by atoms with E-state index >= 15 is 0 Å². The van der Waals surface area contributed by atoms with Gasteiger partial charge in [0.15, 0.2) is 0 Å². The SMILES string of the molecule is O=C(Nc1ccncc1)c1cccc(NSc2ccccc2)c1. The van der Waals surface area contributed by atoms with Crippen molar-refractivity contribution >= 4 is 29.2 Å². The molecule has 0 unspecified atom stereocenters. The zero-order chi connectivity index (χ0) is 15.9. The van der Waals surface area contributed by atoms with Crippen molar-refractivity contribution in [3.8, 4) is 0 Å². The van der Waals surface area contributed by atoms with Gasteiger partial charge in [0.05, 0.1) is 0 Å². The number of benzene rings is 2. The lowest BCUT2D eigenvalue weighted by atomic mass is 10.2. The Kier molecular flexibility index (Phi) is 4.91.